The second-order valence-corrected chi connectivity index (χ2v) is 5.43. The molecule has 5 nitrogen and oxygen atoms in total. The van der Waals surface area contributed by atoms with Gasteiger partial charge in [0, 0.05) is 23.5 Å². The molecule has 0 atom stereocenters. The summed E-state index contributed by atoms with van der Waals surface area (Å²) >= 11 is 3.43. The molecule has 2 rings (SSSR count). The first-order valence-corrected chi connectivity index (χ1v) is 7.13. The quantitative estimate of drug-likeness (QED) is 0.899. The maximum atomic E-state index is 11.9. The van der Waals surface area contributed by atoms with Crippen LogP contribution in [0.15, 0.2) is 28.9 Å². The minimum atomic E-state index is 0.0202. The smallest absolute Gasteiger partial charge is 0.241 e. The Kier molecular flexibility index (Phi) is 4.44. The Labute approximate surface area is 126 Å². The van der Waals surface area contributed by atoms with Crippen LogP contribution in [0.25, 0.3) is 10.9 Å². The molecule has 0 unspecified atom stereocenters. The zero-order valence-electron chi connectivity index (χ0n) is 11.5. The van der Waals surface area contributed by atoms with Crippen LogP contribution in [0.5, 0.6) is 0 Å². The Morgan fingerprint density at radius 3 is 2.95 bits per heavy atom. The summed E-state index contributed by atoms with van der Waals surface area (Å²) in [6.07, 6.45) is 1.60. The highest BCUT2D eigenvalue weighted by Crippen LogP contribution is 2.29. The van der Waals surface area contributed by atoms with Gasteiger partial charge in [-0.3, -0.25) is 9.78 Å². The average molecular weight is 337 g/mol. The Hall–Kier alpha value is -1.82. The first-order chi connectivity index (χ1) is 9.52. The first kappa shape index (κ1) is 14.6. The van der Waals surface area contributed by atoms with E-state index in [0.29, 0.717) is 12.2 Å². The number of likely N-dealkylation sites (N-methyl/N-ethyl adjacent to an activating group) is 1. The third-order valence-corrected chi connectivity index (χ3v) is 3.67. The number of carbonyl (C=O) groups is 1. The molecule has 0 bridgehead atoms. The number of rotatable bonds is 4. The van der Waals surface area contributed by atoms with Gasteiger partial charge in [-0.05, 0) is 25.1 Å². The van der Waals surface area contributed by atoms with Gasteiger partial charge in [0.05, 0.1) is 29.6 Å². The molecule has 3 N–H and O–H groups in total. The number of benzene rings is 1. The highest BCUT2D eigenvalue weighted by Gasteiger charge is 2.10. The van der Waals surface area contributed by atoms with Crippen LogP contribution in [0.3, 0.4) is 0 Å². The lowest BCUT2D eigenvalue weighted by Gasteiger charge is -2.17. The summed E-state index contributed by atoms with van der Waals surface area (Å²) in [4.78, 5) is 17.8. The van der Waals surface area contributed by atoms with E-state index in [9.17, 15) is 4.79 Å². The summed E-state index contributed by atoms with van der Waals surface area (Å²) < 4.78 is 0.942. The Morgan fingerprint density at radius 1 is 1.50 bits per heavy atom. The SMILES string of the molecule is CCN(C)C(=O)CNc1c(N)cnc2ccc(Br)cc12. The molecule has 0 saturated carbocycles. The third-order valence-electron chi connectivity index (χ3n) is 3.18. The van der Waals surface area contributed by atoms with Gasteiger partial charge in [0.1, 0.15) is 0 Å². The lowest BCUT2D eigenvalue weighted by molar-refractivity contribution is -0.127. The number of nitrogen functional groups attached to an aromatic ring is 1. The fourth-order valence-electron chi connectivity index (χ4n) is 1.85. The maximum absolute atomic E-state index is 11.9. The highest BCUT2D eigenvalue weighted by molar-refractivity contribution is 9.10. The number of aromatic nitrogens is 1. The second kappa shape index (κ2) is 6.09. The molecule has 0 spiro atoms. The van der Waals surface area contributed by atoms with Gasteiger partial charge in [0.15, 0.2) is 0 Å². The molecular weight excluding hydrogens is 320 g/mol. The molecule has 2 aromatic rings. The lowest BCUT2D eigenvalue weighted by Crippen LogP contribution is -2.32. The van der Waals surface area contributed by atoms with Crippen molar-refractivity contribution >= 4 is 44.1 Å². The number of nitrogens with one attached hydrogen (secondary N) is 1. The minimum absolute atomic E-state index is 0.0202. The van der Waals surface area contributed by atoms with Crippen molar-refractivity contribution in [3.05, 3.63) is 28.9 Å². The van der Waals surface area contributed by atoms with E-state index in [1.165, 1.54) is 0 Å². The van der Waals surface area contributed by atoms with E-state index in [-0.39, 0.29) is 12.5 Å². The van der Waals surface area contributed by atoms with Gasteiger partial charge >= 0.3 is 0 Å². The van der Waals surface area contributed by atoms with Crippen molar-refractivity contribution in [3.8, 4) is 0 Å². The number of nitrogens with two attached hydrogens (primary N) is 1. The number of nitrogens with zero attached hydrogens (tertiary/aromatic N) is 2. The molecule has 0 fully saturated rings. The monoisotopic (exact) mass is 336 g/mol. The van der Waals surface area contributed by atoms with Crippen LogP contribution in [0.2, 0.25) is 0 Å². The van der Waals surface area contributed by atoms with Crippen molar-refractivity contribution < 1.29 is 4.79 Å². The molecule has 1 aromatic heterocycles. The van der Waals surface area contributed by atoms with Gasteiger partial charge in [-0.2, -0.15) is 0 Å². The van der Waals surface area contributed by atoms with Crippen LogP contribution in [-0.2, 0) is 4.79 Å². The summed E-state index contributed by atoms with van der Waals surface area (Å²) in [6, 6.07) is 5.77. The van der Waals surface area contributed by atoms with Gasteiger partial charge in [0.25, 0.3) is 0 Å². The number of carbonyl (C=O) groups excluding carboxylic acids is 1. The fraction of sp³-hybridized carbons (Fsp3) is 0.286. The highest BCUT2D eigenvalue weighted by atomic mass is 79.9. The lowest BCUT2D eigenvalue weighted by atomic mass is 10.1. The largest absolute Gasteiger partial charge is 0.396 e. The Morgan fingerprint density at radius 2 is 2.25 bits per heavy atom. The molecule has 1 aromatic carbocycles. The minimum Gasteiger partial charge on any atom is -0.396 e. The van der Waals surface area contributed by atoms with Crippen LogP contribution >= 0.6 is 15.9 Å². The van der Waals surface area contributed by atoms with E-state index >= 15 is 0 Å². The van der Waals surface area contributed by atoms with Crippen molar-refractivity contribution in [1.82, 2.24) is 9.88 Å². The normalized spacial score (nSPS) is 10.6. The molecule has 0 aliphatic rings. The van der Waals surface area contributed by atoms with Gasteiger partial charge in [-0.15, -0.1) is 0 Å². The van der Waals surface area contributed by atoms with E-state index in [4.69, 9.17) is 5.73 Å². The third kappa shape index (κ3) is 3.01. The number of amides is 1. The Balaban J connectivity index is 2.31. The zero-order valence-corrected chi connectivity index (χ0v) is 13.1. The molecule has 106 valence electrons. The fourth-order valence-corrected chi connectivity index (χ4v) is 2.21. The number of anilines is 2. The molecule has 0 aliphatic carbocycles. The summed E-state index contributed by atoms with van der Waals surface area (Å²) in [7, 11) is 1.77. The number of hydrogen-bond acceptors (Lipinski definition) is 4. The summed E-state index contributed by atoms with van der Waals surface area (Å²) in [5, 5.41) is 4.02. The molecule has 0 radical (unpaired) electrons. The van der Waals surface area contributed by atoms with Gasteiger partial charge in [-0.25, -0.2) is 0 Å². The molecule has 6 heteroatoms. The van der Waals surface area contributed by atoms with Gasteiger partial charge < -0.3 is 16.0 Å². The number of pyridine rings is 1. The molecular formula is C14H17BrN4O. The van der Waals surface area contributed by atoms with E-state index < -0.39 is 0 Å². The average Bonchev–Trinajstić information content (AvgIpc) is 2.45. The summed E-state index contributed by atoms with van der Waals surface area (Å²) in [5.41, 5.74) is 8.08. The predicted octanol–water partition coefficient (Wildman–Crippen LogP) is 2.47. The number of halogens is 1. The zero-order chi connectivity index (χ0) is 14.7. The van der Waals surface area contributed by atoms with Crippen molar-refractivity contribution in [2.75, 3.05) is 31.2 Å². The first-order valence-electron chi connectivity index (χ1n) is 6.34. The van der Waals surface area contributed by atoms with E-state index in [0.717, 1.165) is 21.1 Å². The number of fused-ring (bicyclic) bond motifs is 1. The maximum Gasteiger partial charge on any atom is 0.241 e. The van der Waals surface area contributed by atoms with E-state index in [2.05, 4.69) is 26.2 Å². The second-order valence-electron chi connectivity index (χ2n) is 4.51. The molecule has 0 saturated heterocycles. The van der Waals surface area contributed by atoms with E-state index in [1.54, 1.807) is 18.1 Å². The standard InChI is InChI=1S/C14H17BrN4O/c1-3-19(2)13(20)8-18-14-10-6-9(15)4-5-12(10)17-7-11(14)16/h4-7H,3,8,16H2,1-2H3,(H,17,18). The topological polar surface area (TPSA) is 71.2 Å². The van der Waals surface area contributed by atoms with Gasteiger partial charge in [0.2, 0.25) is 5.91 Å². The van der Waals surface area contributed by atoms with Gasteiger partial charge in [-0.1, -0.05) is 15.9 Å². The number of hydrogen-bond donors (Lipinski definition) is 2. The van der Waals surface area contributed by atoms with Crippen LogP contribution < -0.4 is 11.1 Å². The molecule has 20 heavy (non-hydrogen) atoms. The molecule has 1 amide bonds. The summed E-state index contributed by atoms with van der Waals surface area (Å²) in [6.45, 7) is 2.82. The van der Waals surface area contributed by atoms with Crippen LogP contribution in [0, 0.1) is 0 Å². The summed E-state index contributed by atoms with van der Waals surface area (Å²) in [5.74, 6) is 0.0202. The van der Waals surface area contributed by atoms with Crippen molar-refractivity contribution in [2.24, 2.45) is 0 Å². The van der Waals surface area contributed by atoms with Crippen molar-refractivity contribution in [3.63, 3.8) is 0 Å². The van der Waals surface area contributed by atoms with Crippen LogP contribution in [0.1, 0.15) is 6.92 Å². The predicted molar refractivity (Wildman–Crippen MR) is 85.7 cm³/mol. The van der Waals surface area contributed by atoms with Crippen LogP contribution in [0.4, 0.5) is 11.4 Å². The van der Waals surface area contributed by atoms with Crippen LogP contribution in [-0.4, -0.2) is 35.9 Å². The van der Waals surface area contributed by atoms with Crippen molar-refractivity contribution in [1.29, 1.82) is 0 Å². The van der Waals surface area contributed by atoms with E-state index in [1.807, 2.05) is 25.1 Å². The molecule has 0 aliphatic heterocycles. The molecule has 1 heterocycles. The Bertz CT molecular complexity index is 639. The van der Waals surface area contributed by atoms with Crippen molar-refractivity contribution in [2.45, 2.75) is 6.92 Å².